The Labute approximate surface area is 141 Å². The van der Waals surface area contributed by atoms with E-state index in [9.17, 15) is 9.59 Å². The Balaban J connectivity index is 1.94. The van der Waals surface area contributed by atoms with Crippen LogP contribution in [0.4, 0.5) is 0 Å². The minimum Gasteiger partial charge on any atom is -0.462 e. The molecule has 0 aliphatic rings. The summed E-state index contributed by atoms with van der Waals surface area (Å²) in [5, 5.41) is 12.2. The predicted octanol–water partition coefficient (Wildman–Crippen LogP) is 1.61. The first-order valence-electron chi connectivity index (χ1n) is 7.69. The highest BCUT2D eigenvalue weighted by Crippen LogP contribution is 2.15. The zero-order valence-electron chi connectivity index (χ0n) is 13.3. The molecule has 1 aromatic carbocycles. The van der Waals surface area contributed by atoms with Crippen LogP contribution in [0.3, 0.4) is 0 Å². The molecule has 3 aromatic heterocycles. The molecule has 8 heteroatoms. The Bertz CT molecular complexity index is 1150. The second-order valence-electron chi connectivity index (χ2n) is 5.27. The van der Waals surface area contributed by atoms with Crippen molar-refractivity contribution in [3.63, 3.8) is 0 Å². The maximum Gasteiger partial charge on any atom is 0.343 e. The second kappa shape index (κ2) is 5.82. The summed E-state index contributed by atoms with van der Waals surface area (Å²) < 4.78 is 7.89. The van der Waals surface area contributed by atoms with Gasteiger partial charge in [-0.2, -0.15) is 5.10 Å². The fourth-order valence-corrected chi connectivity index (χ4v) is 2.64. The zero-order chi connectivity index (χ0) is 17.4. The molecule has 0 bridgehead atoms. The van der Waals surface area contributed by atoms with Gasteiger partial charge >= 0.3 is 5.97 Å². The van der Waals surface area contributed by atoms with Gasteiger partial charge in [-0.25, -0.2) is 9.31 Å². The molecule has 0 aliphatic heterocycles. The van der Waals surface area contributed by atoms with Crippen LogP contribution in [0, 0.1) is 0 Å². The van der Waals surface area contributed by atoms with Crippen LogP contribution in [-0.2, 0) is 4.74 Å². The number of fused-ring (bicyclic) bond motifs is 3. The topological polar surface area (TPSA) is 91.4 Å². The Morgan fingerprint density at radius 3 is 2.72 bits per heavy atom. The molecule has 8 nitrogen and oxygen atoms in total. The van der Waals surface area contributed by atoms with E-state index < -0.39 is 5.97 Å². The van der Waals surface area contributed by atoms with E-state index in [1.54, 1.807) is 19.2 Å². The van der Waals surface area contributed by atoms with Crippen molar-refractivity contribution in [2.45, 2.75) is 6.92 Å². The van der Waals surface area contributed by atoms with Gasteiger partial charge in [0.2, 0.25) is 0 Å². The van der Waals surface area contributed by atoms with Crippen LogP contribution in [0.25, 0.3) is 22.4 Å². The lowest BCUT2D eigenvalue weighted by Crippen LogP contribution is -2.20. The molecule has 0 unspecified atom stereocenters. The highest BCUT2D eigenvalue weighted by atomic mass is 16.5. The van der Waals surface area contributed by atoms with Gasteiger partial charge in [-0.15, -0.1) is 10.2 Å². The normalized spacial score (nSPS) is 11.1. The molecule has 0 N–H and O–H groups in total. The van der Waals surface area contributed by atoms with Crippen molar-refractivity contribution in [3.8, 4) is 5.69 Å². The average Bonchev–Trinajstić information content (AvgIpc) is 3.07. The first-order valence-corrected chi connectivity index (χ1v) is 7.69. The molecule has 124 valence electrons. The smallest absolute Gasteiger partial charge is 0.343 e. The Morgan fingerprint density at radius 1 is 1.16 bits per heavy atom. The van der Waals surface area contributed by atoms with Gasteiger partial charge in [0.05, 0.1) is 12.8 Å². The van der Waals surface area contributed by atoms with Crippen LogP contribution < -0.4 is 5.56 Å². The minimum absolute atomic E-state index is 0.164. The number of esters is 1. The third kappa shape index (κ3) is 2.35. The molecule has 4 rings (SSSR count). The van der Waals surface area contributed by atoms with Crippen molar-refractivity contribution in [1.29, 1.82) is 0 Å². The standard InChI is InChI=1S/C17H13N5O3/c1-2-25-17(24)12-10-18-22-13-8-9-21(11-6-4-3-5-7-11)16(23)14(13)19-20-15(12)22/h3-10H,2H2,1H3. The van der Waals surface area contributed by atoms with Crippen LogP contribution in [0.2, 0.25) is 0 Å². The molecule has 25 heavy (non-hydrogen) atoms. The van der Waals surface area contributed by atoms with Gasteiger partial charge < -0.3 is 4.74 Å². The third-order valence-corrected chi connectivity index (χ3v) is 3.79. The van der Waals surface area contributed by atoms with E-state index in [1.165, 1.54) is 15.3 Å². The van der Waals surface area contributed by atoms with Crippen LogP contribution >= 0.6 is 0 Å². The van der Waals surface area contributed by atoms with Gasteiger partial charge in [-0.05, 0) is 25.1 Å². The number of ether oxygens (including phenoxy) is 1. The average molecular weight is 335 g/mol. The van der Waals surface area contributed by atoms with E-state index in [0.717, 1.165) is 5.69 Å². The van der Waals surface area contributed by atoms with Crippen molar-refractivity contribution >= 4 is 22.6 Å². The Morgan fingerprint density at radius 2 is 1.96 bits per heavy atom. The third-order valence-electron chi connectivity index (χ3n) is 3.79. The molecule has 0 amide bonds. The lowest BCUT2D eigenvalue weighted by molar-refractivity contribution is 0.0528. The van der Waals surface area contributed by atoms with E-state index in [2.05, 4.69) is 15.3 Å². The van der Waals surface area contributed by atoms with Crippen molar-refractivity contribution in [2.75, 3.05) is 6.61 Å². The number of pyridine rings is 1. The van der Waals surface area contributed by atoms with E-state index in [4.69, 9.17) is 4.74 Å². The summed E-state index contributed by atoms with van der Waals surface area (Å²) in [5.41, 5.74) is 1.51. The molecule has 0 saturated heterocycles. The number of aromatic nitrogens is 5. The molecular weight excluding hydrogens is 322 g/mol. The molecule has 0 spiro atoms. The summed E-state index contributed by atoms with van der Waals surface area (Å²) in [6.45, 7) is 1.97. The number of benzene rings is 1. The van der Waals surface area contributed by atoms with Crippen molar-refractivity contribution < 1.29 is 9.53 Å². The molecular formula is C17H13N5O3. The molecule has 3 heterocycles. The quantitative estimate of drug-likeness (QED) is 0.528. The van der Waals surface area contributed by atoms with Crippen molar-refractivity contribution in [1.82, 2.24) is 24.4 Å². The summed E-state index contributed by atoms with van der Waals surface area (Å²) in [7, 11) is 0. The van der Waals surface area contributed by atoms with E-state index in [1.807, 2.05) is 30.3 Å². The van der Waals surface area contributed by atoms with Gasteiger partial charge in [0.25, 0.3) is 5.56 Å². The molecule has 0 fully saturated rings. The van der Waals surface area contributed by atoms with Gasteiger partial charge in [0.1, 0.15) is 11.1 Å². The maximum absolute atomic E-state index is 12.7. The molecule has 0 aliphatic carbocycles. The predicted molar refractivity (Wildman–Crippen MR) is 89.8 cm³/mol. The van der Waals surface area contributed by atoms with Crippen LogP contribution in [0.5, 0.6) is 0 Å². The lowest BCUT2D eigenvalue weighted by Gasteiger charge is -2.07. The van der Waals surface area contributed by atoms with Crippen molar-refractivity contribution in [3.05, 3.63) is 64.7 Å². The van der Waals surface area contributed by atoms with Crippen molar-refractivity contribution in [2.24, 2.45) is 0 Å². The Hall–Kier alpha value is -3.55. The summed E-state index contributed by atoms with van der Waals surface area (Å²) in [6.07, 6.45) is 3.01. The van der Waals surface area contributed by atoms with Gasteiger partial charge in [-0.1, -0.05) is 18.2 Å². The number of hydrogen-bond acceptors (Lipinski definition) is 6. The number of hydrogen-bond donors (Lipinski definition) is 0. The van der Waals surface area contributed by atoms with Gasteiger partial charge in [0, 0.05) is 11.9 Å². The largest absolute Gasteiger partial charge is 0.462 e. The second-order valence-corrected chi connectivity index (χ2v) is 5.27. The van der Waals surface area contributed by atoms with Crippen LogP contribution in [0.15, 0.2) is 53.6 Å². The van der Waals surface area contributed by atoms with Crippen LogP contribution in [0.1, 0.15) is 17.3 Å². The summed E-state index contributed by atoms with van der Waals surface area (Å²) in [5.74, 6) is -0.524. The summed E-state index contributed by atoms with van der Waals surface area (Å²) >= 11 is 0. The molecule has 4 aromatic rings. The number of nitrogens with zero attached hydrogens (tertiary/aromatic N) is 5. The Kier molecular flexibility index (Phi) is 3.50. The van der Waals surface area contributed by atoms with Gasteiger partial charge in [-0.3, -0.25) is 9.36 Å². The lowest BCUT2D eigenvalue weighted by atomic mass is 10.3. The number of carbonyl (C=O) groups excluding carboxylic acids is 1. The first-order chi connectivity index (χ1) is 12.2. The SMILES string of the molecule is CCOC(=O)c1cnn2c1nnc1c(=O)n(-c3ccccc3)ccc12. The highest BCUT2D eigenvalue weighted by molar-refractivity contribution is 5.96. The number of rotatable bonds is 3. The highest BCUT2D eigenvalue weighted by Gasteiger charge is 2.18. The monoisotopic (exact) mass is 335 g/mol. The van der Waals surface area contributed by atoms with Gasteiger partial charge in [0.15, 0.2) is 11.2 Å². The van der Waals surface area contributed by atoms with E-state index >= 15 is 0 Å². The molecule has 0 radical (unpaired) electrons. The summed E-state index contributed by atoms with van der Waals surface area (Å²) in [4.78, 5) is 24.7. The number of para-hydroxylation sites is 1. The fourth-order valence-electron chi connectivity index (χ4n) is 2.64. The molecule has 0 atom stereocenters. The first kappa shape index (κ1) is 15.0. The maximum atomic E-state index is 12.7. The molecule has 0 saturated carbocycles. The van der Waals surface area contributed by atoms with E-state index in [0.29, 0.717) is 5.52 Å². The number of carbonyl (C=O) groups is 1. The van der Waals surface area contributed by atoms with E-state index in [-0.39, 0.29) is 28.9 Å². The summed E-state index contributed by atoms with van der Waals surface area (Å²) in [6, 6.07) is 10.9. The minimum atomic E-state index is -0.524. The van der Waals surface area contributed by atoms with Crippen LogP contribution in [-0.4, -0.2) is 37.0 Å². The fraction of sp³-hybridized carbons (Fsp3) is 0.118. The zero-order valence-corrected chi connectivity index (χ0v) is 13.3.